The molecule has 0 amide bonds. The van der Waals surface area contributed by atoms with E-state index in [1.54, 1.807) is 0 Å². The summed E-state index contributed by atoms with van der Waals surface area (Å²) in [5.74, 6) is 0. The number of rotatable bonds is 5. The van der Waals surface area contributed by atoms with Gasteiger partial charge in [0.15, 0.2) is 0 Å². The number of anilines is 1. The van der Waals surface area contributed by atoms with Gasteiger partial charge in [0.1, 0.15) is 0 Å². The van der Waals surface area contributed by atoms with Gasteiger partial charge in [0.2, 0.25) is 0 Å². The van der Waals surface area contributed by atoms with Gasteiger partial charge in [0, 0.05) is 38.4 Å². The zero-order valence-corrected chi connectivity index (χ0v) is 10.2. The van der Waals surface area contributed by atoms with Crippen molar-refractivity contribution in [2.75, 3.05) is 44.7 Å². The summed E-state index contributed by atoms with van der Waals surface area (Å²) in [4.78, 5) is 2.42. The maximum atomic E-state index is 5.61. The van der Waals surface area contributed by atoms with Gasteiger partial charge in [0.25, 0.3) is 0 Å². The van der Waals surface area contributed by atoms with Crippen LogP contribution in [0.2, 0.25) is 0 Å². The lowest BCUT2D eigenvalue weighted by Crippen LogP contribution is -2.39. The molecule has 94 valence electrons. The Balaban J connectivity index is 1.73. The lowest BCUT2D eigenvalue weighted by atomic mass is 10.2. The average molecular weight is 235 g/mol. The van der Waals surface area contributed by atoms with Gasteiger partial charge < -0.3 is 15.8 Å². The van der Waals surface area contributed by atoms with Gasteiger partial charge in [-0.2, -0.15) is 0 Å². The molecule has 1 aliphatic heterocycles. The monoisotopic (exact) mass is 235 g/mol. The molecule has 17 heavy (non-hydrogen) atoms. The van der Waals surface area contributed by atoms with Crippen LogP contribution < -0.4 is 11.1 Å². The second-order valence-electron chi connectivity index (χ2n) is 4.29. The van der Waals surface area contributed by atoms with Gasteiger partial charge in [-0.1, -0.05) is 12.1 Å². The summed E-state index contributed by atoms with van der Waals surface area (Å²) in [7, 11) is 0. The minimum atomic E-state index is 0.596. The fraction of sp³-hybridized carbons (Fsp3) is 0.538. The van der Waals surface area contributed by atoms with Gasteiger partial charge >= 0.3 is 0 Å². The topological polar surface area (TPSA) is 50.5 Å². The molecule has 1 heterocycles. The van der Waals surface area contributed by atoms with Gasteiger partial charge in [-0.25, -0.2) is 0 Å². The molecule has 0 bridgehead atoms. The Labute approximate surface area is 103 Å². The van der Waals surface area contributed by atoms with Crippen molar-refractivity contribution >= 4 is 5.69 Å². The summed E-state index contributed by atoms with van der Waals surface area (Å²) in [5, 5.41) is 3.43. The molecule has 1 aliphatic rings. The van der Waals surface area contributed by atoms with Gasteiger partial charge in [-0.15, -0.1) is 0 Å². The molecule has 4 heteroatoms. The van der Waals surface area contributed by atoms with Crippen LogP contribution in [0.15, 0.2) is 24.3 Å². The molecule has 1 saturated heterocycles. The maximum Gasteiger partial charge on any atom is 0.0594 e. The van der Waals surface area contributed by atoms with E-state index in [1.165, 1.54) is 5.56 Å². The van der Waals surface area contributed by atoms with E-state index in [-0.39, 0.29) is 0 Å². The molecule has 1 aromatic rings. The molecule has 2 rings (SSSR count). The lowest BCUT2D eigenvalue weighted by molar-refractivity contribution is 0.0398. The van der Waals surface area contributed by atoms with Crippen molar-refractivity contribution in [1.29, 1.82) is 0 Å². The number of hydrogen-bond acceptors (Lipinski definition) is 4. The average Bonchev–Trinajstić information content (AvgIpc) is 2.40. The molecule has 1 fully saturated rings. The zero-order chi connectivity index (χ0) is 11.9. The van der Waals surface area contributed by atoms with Crippen LogP contribution in [-0.2, 0) is 11.3 Å². The predicted octanol–water partition coefficient (Wildman–Crippen LogP) is 0.889. The number of nitrogens with two attached hydrogens (primary N) is 1. The van der Waals surface area contributed by atoms with Crippen molar-refractivity contribution < 1.29 is 4.74 Å². The summed E-state index contributed by atoms with van der Waals surface area (Å²) in [6.45, 7) is 6.45. The first-order valence-corrected chi connectivity index (χ1v) is 6.21. The number of morpholine rings is 1. The first-order chi connectivity index (χ1) is 8.38. The summed E-state index contributed by atoms with van der Waals surface area (Å²) in [5.41, 5.74) is 7.94. The van der Waals surface area contributed by atoms with Crippen LogP contribution in [0.5, 0.6) is 0 Å². The second-order valence-corrected chi connectivity index (χ2v) is 4.29. The Morgan fingerprint density at radius 3 is 2.88 bits per heavy atom. The first-order valence-electron chi connectivity index (χ1n) is 6.21. The Morgan fingerprint density at radius 2 is 2.12 bits per heavy atom. The summed E-state index contributed by atoms with van der Waals surface area (Å²) < 4.78 is 5.32. The van der Waals surface area contributed by atoms with Crippen LogP contribution in [0.25, 0.3) is 0 Å². The van der Waals surface area contributed by atoms with E-state index in [1.807, 2.05) is 12.1 Å². The van der Waals surface area contributed by atoms with E-state index in [9.17, 15) is 0 Å². The van der Waals surface area contributed by atoms with Gasteiger partial charge in [-0.05, 0) is 17.7 Å². The van der Waals surface area contributed by atoms with E-state index in [0.29, 0.717) is 6.54 Å². The highest BCUT2D eigenvalue weighted by molar-refractivity contribution is 5.45. The third-order valence-corrected chi connectivity index (χ3v) is 3.02. The highest BCUT2D eigenvalue weighted by Gasteiger charge is 2.08. The first kappa shape index (κ1) is 12.4. The SMILES string of the molecule is NCc1cccc(NCCN2CCOCC2)c1. The summed E-state index contributed by atoms with van der Waals surface area (Å²) in [6.07, 6.45) is 0. The number of nitrogens with one attached hydrogen (secondary N) is 1. The molecule has 4 nitrogen and oxygen atoms in total. The van der Waals surface area contributed by atoms with Gasteiger partial charge in [-0.3, -0.25) is 4.90 Å². The Bertz CT molecular complexity index is 337. The smallest absolute Gasteiger partial charge is 0.0594 e. The van der Waals surface area contributed by atoms with E-state index < -0.39 is 0 Å². The molecular formula is C13H21N3O. The number of ether oxygens (including phenoxy) is 1. The van der Waals surface area contributed by atoms with Crippen LogP contribution >= 0.6 is 0 Å². The van der Waals surface area contributed by atoms with Crippen LogP contribution in [0.4, 0.5) is 5.69 Å². The fourth-order valence-electron chi connectivity index (χ4n) is 1.99. The van der Waals surface area contributed by atoms with Crippen molar-refractivity contribution in [2.24, 2.45) is 5.73 Å². The van der Waals surface area contributed by atoms with Crippen LogP contribution in [-0.4, -0.2) is 44.3 Å². The van der Waals surface area contributed by atoms with E-state index in [0.717, 1.165) is 45.1 Å². The van der Waals surface area contributed by atoms with Crippen molar-refractivity contribution in [3.8, 4) is 0 Å². The summed E-state index contributed by atoms with van der Waals surface area (Å²) in [6, 6.07) is 8.28. The second kappa shape index (κ2) is 6.59. The quantitative estimate of drug-likeness (QED) is 0.796. The molecule has 3 N–H and O–H groups in total. The molecule has 0 spiro atoms. The Kier molecular flexibility index (Phi) is 4.79. The highest BCUT2D eigenvalue weighted by atomic mass is 16.5. The third-order valence-electron chi connectivity index (χ3n) is 3.02. The van der Waals surface area contributed by atoms with Crippen molar-refractivity contribution in [3.05, 3.63) is 29.8 Å². The largest absolute Gasteiger partial charge is 0.384 e. The molecule has 0 saturated carbocycles. The predicted molar refractivity (Wildman–Crippen MR) is 70.1 cm³/mol. The Hall–Kier alpha value is -1.10. The van der Waals surface area contributed by atoms with Crippen molar-refractivity contribution in [3.63, 3.8) is 0 Å². The van der Waals surface area contributed by atoms with Crippen LogP contribution in [0.3, 0.4) is 0 Å². The fourth-order valence-corrected chi connectivity index (χ4v) is 1.99. The zero-order valence-electron chi connectivity index (χ0n) is 10.2. The molecular weight excluding hydrogens is 214 g/mol. The Morgan fingerprint density at radius 1 is 1.29 bits per heavy atom. The molecule has 0 atom stereocenters. The minimum Gasteiger partial charge on any atom is -0.384 e. The number of hydrogen-bond donors (Lipinski definition) is 2. The van der Waals surface area contributed by atoms with Gasteiger partial charge in [0.05, 0.1) is 13.2 Å². The number of nitrogens with zero attached hydrogens (tertiary/aromatic N) is 1. The van der Waals surface area contributed by atoms with E-state index in [4.69, 9.17) is 10.5 Å². The molecule has 0 aliphatic carbocycles. The van der Waals surface area contributed by atoms with Crippen LogP contribution in [0, 0.1) is 0 Å². The number of benzene rings is 1. The maximum absolute atomic E-state index is 5.61. The molecule has 1 aromatic carbocycles. The third kappa shape index (κ3) is 4.00. The standard InChI is InChI=1S/C13H21N3O/c14-11-12-2-1-3-13(10-12)15-4-5-16-6-8-17-9-7-16/h1-3,10,15H,4-9,11,14H2. The molecule has 0 unspecified atom stereocenters. The normalized spacial score (nSPS) is 17.0. The summed E-state index contributed by atoms with van der Waals surface area (Å²) >= 11 is 0. The van der Waals surface area contributed by atoms with E-state index >= 15 is 0 Å². The molecule has 0 aromatic heterocycles. The highest BCUT2D eigenvalue weighted by Crippen LogP contribution is 2.09. The van der Waals surface area contributed by atoms with Crippen molar-refractivity contribution in [1.82, 2.24) is 4.90 Å². The van der Waals surface area contributed by atoms with E-state index in [2.05, 4.69) is 22.3 Å². The molecule has 0 radical (unpaired) electrons. The van der Waals surface area contributed by atoms with Crippen LogP contribution in [0.1, 0.15) is 5.56 Å². The minimum absolute atomic E-state index is 0.596. The van der Waals surface area contributed by atoms with Crippen molar-refractivity contribution in [2.45, 2.75) is 6.54 Å². The lowest BCUT2D eigenvalue weighted by Gasteiger charge is -2.26.